The number of halogens is 1. The van der Waals surface area contributed by atoms with Crippen molar-refractivity contribution in [2.45, 2.75) is 26.3 Å². The molecule has 7 heteroatoms. The molecule has 0 saturated carbocycles. The molecule has 0 unspecified atom stereocenters. The van der Waals surface area contributed by atoms with Crippen LogP contribution in [0.1, 0.15) is 17.4 Å². The van der Waals surface area contributed by atoms with Gasteiger partial charge in [-0.25, -0.2) is 4.98 Å². The molecule has 0 bridgehead atoms. The smallest absolute Gasteiger partial charge is 0.263 e. The molecular weight excluding hydrogens is 474 g/mol. The van der Waals surface area contributed by atoms with Gasteiger partial charge in [0.05, 0.1) is 11.7 Å². The molecule has 4 rings (SSSR count). The molecule has 0 aliphatic heterocycles. The number of nitrogens with one attached hydrogen (secondary N) is 1. The number of thiophene rings is 1. The molecule has 2 heterocycles. The van der Waals surface area contributed by atoms with Crippen LogP contribution in [0.4, 0.5) is 0 Å². The summed E-state index contributed by atoms with van der Waals surface area (Å²) in [7, 11) is 0. The van der Waals surface area contributed by atoms with Crippen molar-refractivity contribution in [3.05, 3.63) is 86.2 Å². The standard InChI is InChI=1S/C24H22BrN3O2S/c1-2-19-21(17-8-10-18(25)11-9-17)22-23(31-19)27-15-28(24(22)30)14-20(29)26-13-12-16-6-4-3-5-7-16/h3-11,15H,2,12-14H2,1H3,(H,26,29). The van der Waals surface area contributed by atoms with Crippen LogP contribution in [0.2, 0.25) is 0 Å². The summed E-state index contributed by atoms with van der Waals surface area (Å²) in [5.74, 6) is -0.199. The van der Waals surface area contributed by atoms with Gasteiger partial charge in [0.2, 0.25) is 5.91 Å². The zero-order valence-corrected chi connectivity index (χ0v) is 19.5. The highest BCUT2D eigenvalue weighted by atomic mass is 79.9. The Bertz CT molecular complexity index is 1260. The van der Waals surface area contributed by atoms with Crippen molar-refractivity contribution >= 4 is 43.4 Å². The molecule has 2 aromatic heterocycles. The molecule has 5 nitrogen and oxygen atoms in total. The summed E-state index contributed by atoms with van der Waals surface area (Å²) in [4.78, 5) is 32.0. The minimum atomic E-state index is -0.199. The number of hydrogen-bond donors (Lipinski definition) is 1. The zero-order valence-electron chi connectivity index (χ0n) is 17.1. The van der Waals surface area contributed by atoms with E-state index in [1.165, 1.54) is 22.2 Å². The van der Waals surface area contributed by atoms with E-state index in [9.17, 15) is 9.59 Å². The number of carbonyl (C=O) groups is 1. The van der Waals surface area contributed by atoms with E-state index in [-0.39, 0.29) is 18.0 Å². The van der Waals surface area contributed by atoms with Gasteiger partial charge in [-0.05, 0) is 36.1 Å². The third kappa shape index (κ3) is 4.78. The molecule has 158 valence electrons. The number of rotatable bonds is 7. The number of carbonyl (C=O) groups excluding carboxylic acids is 1. The van der Waals surface area contributed by atoms with Crippen molar-refractivity contribution in [3.8, 4) is 11.1 Å². The molecule has 0 fully saturated rings. The van der Waals surface area contributed by atoms with Crippen molar-refractivity contribution in [1.82, 2.24) is 14.9 Å². The number of aromatic nitrogens is 2. The minimum Gasteiger partial charge on any atom is -0.354 e. The van der Waals surface area contributed by atoms with Crippen LogP contribution in [0.15, 0.2) is 70.2 Å². The van der Waals surface area contributed by atoms with Crippen LogP contribution in [0.25, 0.3) is 21.3 Å². The fourth-order valence-electron chi connectivity index (χ4n) is 3.56. The second-order valence-corrected chi connectivity index (χ2v) is 9.20. The Morgan fingerprint density at radius 3 is 2.58 bits per heavy atom. The van der Waals surface area contributed by atoms with Gasteiger partial charge in [0, 0.05) is 21.5 Å². The SMILES string of the molecule is CCc1sc2ncn(CC(=O)NCCc3ccccc3)c(=O)c2c1-c1ccc(Br)cc1. The minimum absolute atomic E-state index is 0.0480. The van der Waals surface area contributed by atoms with Crippen LogP contribution >= 0.6 is 27.3 Å². The van der Waals surface area contributed by atoms with Gasteiger partial charge >= 0.3 is 0 Å². The van der Waals surface area contributed by atoms with E-state index in [1.807, 2.05) is 54.6 Å². The average Bonchev–Trinajstić information content (AvgIpc) is 3.16. The molecule has 4 aromatic rings. The molecule has 0 radical (unpaired) electrons. The van der Waals surface area contributed by atoms with Crippen molar-refractivity contribution in [2.75, 3.05) is 6.54 Å². The van der Waals surface area contributed by atoms with Crippen molar-refractivity contribution in [3.63, 3.8) is 0 Å². The van der Waals surface area contributed by atoms with Gasteiger partial charge in [0.1, 0.15) is 11.4 Å². The predicted octanol–water partition coefficient (Wildman–Crippen LogP) is 4.81. The Morgan fingerprint density at radius 1 is 1.13 bits per heavy atom. The average molecular weight is 496 g/mol. The van der Waals surface area contributed by atoms with Gasteiger partial charge in [-0.1, -0.05) is 65.3 Å². The first-order valence-corrected chi connectivity index (χ1v) is 11.7. The lowest BCUT2D eigenvalue weighted by atomic mass is 10.0. The van der Waals surface area contributed by atoms with Gasteiger partial charge < -0.3 is 5.32 Å². The lowest BCUT2D eigenvalue weighted by Crippen LogP contribution is -2.33. The Morgan fingerprint density at radius 2 is 1.87 bits per heavy atom. The number of aryl methyl sites for hydroxylation is 1. The van der Waals surface area contributed by atoms with Gasteiger partial charge in [-0.15, -0.1) is 11.3 Å². The lowest BCUT2D eigenvalue weighted by molar-refractivity contribution is -0.121. The van der Waals surface area contributed by atoms with Crippen molar-refractivity contribution in [2.24, 2.45) is 0 Å². The topological polar surface area (TPSA) is 64.0 Å². The molecule has 0 saturated heterocycles. The fraction of sp³-hybridized carbons (Fsp3) is 0.208. The number of amides is 1. The van der Waals surface area contributed by atoms with Crippen LogP contribution in [-0.4, -0.2) is 22.0 Å². The second-order valence-electron chi connectivity index (χ2n) is 7.20. The summed E-state index contributed by atoms with van der Waals surface area (Å²) in [6.07, 6.45) is 3.03. The Balaban J connectivity index is 1.58. The van der Waals surface area contributed by atoms with Crippen LogP contribution in [0.5, 0.6) is 0 Å². The van der Waals surface area contributed by atoms with Gasteiger partial charge in [-0.3, -0.25) is 14.2 Å². The maximum Gasteiger partial charge on any atom is 0.263 e. The predicted molar refractivity (Wildman–Crippen MR) is 130 cm³/mol. The number of fused-ring (bicyclic) bond motifs is 1. The summed E-state index contributed by atoms with van der Waals surface area (Å²) in [6.45, 7) is 2.55. The highest BCUT2D eigenvalue weighted by Crippen LogP contribution is 2.36. The molecule has 1 amide bonds. The van der Waals surface area contributed by atoms with E-state index in [2.05, 4.69) is 33.2 Å². The fourth-order valence-corrected chi connectivity index (χ4v) is 4.91. The first-order valence-electron chi connectivity index (χ1n) is 10.1. The summed E-state index contributed by atoms with van der Waals surface area (Å²) in [6, 6.07) is 17.9. The third-order valence-corrected chi connectivity index (χ3v) is 6.87. The molecule has 0 aliphatic rings. The maximum absolute atomic E-state index is 13.3. The van der Waals surface area contributed by atoms with Crippen molar-refractivity contribution < 1.29 is 4.79 Å². The van der Waals surface area contributed by atoms with Gasteiger partial charge in [-0.2, -0.15) is 0 Å². The summed E-state index contributed by atoms with van der Waals surface area (Å²) < 4.78 is 2.38. The second kappa shape index (κ2) is 9.58. The zero-order chi connectivity index (χ0) is 21.8. The Kier molecular flexibility index (Phi) is 6.63. The Labute approximate surface area is 192 Å². The largest absolute Gasteiger partial charge is 0.354 e. The van der Waals surface area contributed by atoms with E-state index in [0.29, 0.717) is 16.8 Å². The maximum atomic E-state index is 13.3. The molecule has 2 aromatic carbocycles. The quantitative estimate of drug-likeness (QED) is 0.400. The molecule has 0 atom stereocenters. The number of benzene rings is 2. The number of nitrogens with zero attached hydrogens (tertiary/aromatic N) is 2. The Hall–Kier alpha value is -2.77. The van der Waals surface area contributed by atoms with Crippen LogP contribution < -0.4 is 10.9 Å². The molecular formula is C24H22BrN3O2S. The highest BCUT2D eigenvalue weighted by molar-refractivity contribution is 9.10. The van der Waals surface area contributed by atoms with Crippen LogP contribution in [0.3, 0.4) is 0 Å². The molecule has 0 spiro atoms. The van der Waals surface area contributed by atoms with Gasteiger partial charge in [0.25, 0.3) is 5.56 Å². The lowest BCUT2D eigenvalue weighted by Gasteiger charge is -2.08. The molecule has 31 heavy (non-hydrogen) atoms. The van der Waals surface area contributed by atoms with E-state index < -0.39 is 0 Å². The van der Waals surface area contributed by atoms with E-state index in [0.717, 1.165) is 38.9 Å². The number of hydrogen-bond acceptors (Lipinski definition) is 4. The highest BCUT2D eigenvalue weighted by Gasteiger charge is 2.19. The molecule has 1 N–H and O–H groups in total. The monoisotopic (exact) mass is 495 g/mol. The van der Waals surface area contributed by atoms with E-state index >= 15 is 0 Å². The third-order valence-electron chi connectivity index (χ3n) is 5.10. The summed E-state index contributed by atoms with van der Waals surface area (Å²) >= 11 is 5.00. The van der Waals surface area contributed by atoms with Crippen LogP contribution in [0, 0.1) is 0 Å². The van der Waals surface area contributed by atoms with Crippen molar-refractivity contribution in [1.29, 1.82) is 0 Å². The van der Waals surface area contributed by atoms with E-state index in [4.69, 9.17) is 0 Å². The van der Waals surface area contributed by atoms with Gasteiger partial charge in [0.15, 0.2) is 0 Å². The first-order chi connectivity index (χ1) is 15.1. The van der Waals surface area contributed by atoms with E-state index in [1.54, 1.807) is 0 Å². The molecule has 0 aliphatic carbocycles. The summed E-state index contributed by atoms with van der Waals surface area (Å²) in [5, 5.41) is 3.48. The normalized spacial score (nSPS) is 11.0. The summed E-state index contributed by atoms with van der Waals surface area (Å²) in [5.41, 5.74) is 2.88. The van der Waals surface area contributed by atoms with Crippen LogP contribution in [-0.2, 0) is 24.2 Å². The first kappa shape index (κ1) is 21.5.